The lowest BCUT2D eigenvalue weighted by atomic mass is 9.96. The van der Waals surface area contributed by atoms with E-state index in [4.69, 9.17) is 21.1 Å². The summed E-state index contributed by atoms with van der Waals surface area (Å²) in [5, 5.41) is 3.93. The van der Waals surface area contributed by atoms with E-state index >= 15 is 0 Å². The van der Waals surface area contributed by atoms with Crippen molar-refractivity contribution in [2.75, 3.05) is 26.1 Å². The Hall–Kier alpha value is -1.87. The molecule has 2 aromatic rings. The minimum atomic E-state index is 0.508. The second-order valence-electron chi connectivity index (χ2n) is 5.06. The molecule has 3 rings (SSSR count). The maximum atomic E-state index is 6.35. The molecule has 0 unspecified atom stereocenters. The van der Waals surface area contributed by atoms with Gasteiger partial charge < -0.3 is 14.8 Å². The number of halogens is 1. The van der Waals surface area contributed by atoms with Crippen LogP contribution in [0.15, 0.2) is 30.3 Å². The molecule has 1 aliphatic heterocycles. The summed E-state index contributed by atoms with van der Waals surface area (Å²) < 4.78 is 10.7. The third-order valence-electron chi connectivity index (χ3n) is 3.84. The molecule has 0 aliphatic carbocycles. The molecule has 0 saturated carbocycles. The highest BCUT2D eigenvalue weighted by Gasteiger charge is 2.16. The molecule has 2 aromatic carbocycles. The van der Waals surface area contributed by atoms with Crippen LogP contribution in [0.4, 0.5) is 5.69 Å². The molecule has 3 nitrogen and oxygen atoms in total. The number of aryl methyl sites for hydroxylation is 1. The molecule has 0 saturated heterocycles. The predicted octanol–water partition coefficient (Wildman–Crippen LogP) is 4.38. The summed E-state index contributed by atoms with van der Waals surface area (Å²) >= 11 is 6.35. The zero-order valence-electron chi connectivity index (χ0n) is 12.2. The van der Waals surface area contributed by atoms with Crippen LogP contribution in [0, 0.1) is 0 Å². The van der Waals surface area contributed by atoms with Crippen molar-refractivity contribution in [1.82, 2.24) is 0 Å². The summed E-state index contributed by atoms with van der Waals surface area (Å²) in [7, 11) is 3.23. The monoisotopic (exact) mass is 303 g/mol. The summed E-state index contributed by atoms with van der Waals surface area (Å²) in [5.74, 6) is 1.27. The first-order chi connectivity index (χ1) is 10.2. The molecule has 1 N–H and O–H groups in total. The minimum Gasteiger partial charge on any atom is -0.495 e. The maximum Gasteiger partial charge on any atom is 0.149 e. The standard InChI is InChI=1S/C17H18ClNO2/c1-20-15-8-6-13(17(21-2)16(15)18)11-5-7-14-12(10-11)4-3-9-19-14/h5-8,10,19H,3-4,9H2,1-2H3. The van der Waals surface area contributed by atoms with Crippen molar-refractivity contribution in [2.24, 2.45) is 0 Å². The Morgan fingerprint density at radius 2 is 1.95 bits per heavy atom. The summed E-state index contributed by atoms with van der Waals surface area (Å²) in [5.41, 5.74) is 4.66. The Morgan fingerprint density at radius 3 is 2.71 bits per heavy atom. The molecule has 110 valence electrons. The highest BCUT2D eigenvalue weighted by molar-refractivity contribution is 6.34. The summed E-state index contributed by atoms with van der Waals surface area (Å²) in [6.07, 6.45) is 2.26. The lowest BCUT2D eigenvalue weighted by molar-refractivity contribution is 0.396. The van der Waals surface area contributed by atoms with E-state index in [0.717, 1.165) is 30.5 Å². The molecule has 0 fully saturated rings. The lowest BCUT2D eigenvalue weighted by Crippen LogP contribution is -2.11. The van der Waals surface area contributed by atoms with E-state index in [2.05, 4.69) is 23.5 Å². The molecule has 0 atom stereocenters. The first kappa shape index (κ1) is 14.1. The number of hydrogen-bond donors (Lipinski definition) is 1. The van der Waals surface area contributed by atoms with Gasteiger partial charge in [-0.25, -0.2) is 0 Å². The van der Waals surface area contributed by atoms with Crippen molar-refractivity contribution in [1.29, 1.82) is 0 Å². The van der Waals surface area contributed by atoms with Crippen LogP contribution in [0.3, 0.4) is 0 Å². The number of benzene rings is 2. The van der Waals surface area contributed by atoms with E-state index in [-0.39, 0.29) is 0 Å². The molecule has 1 heterocycles. The molecule has 0 aromatic heterocycles. The van der Waals surface area contributed by atoms with Gasteiger partial charge in [-0.3, -0.25) is 0 Å². The molecular weight excluding hydrogens is 286 g/mol. The Kier molecular flexibility index (Phi) is 3.93. The fourth-order valence-electron chi connectivity index (χ4n) is 2.76. The average Bonchev–Trinajstić information content (AvgIpc) is 2.54. The largest absolute Gasteiger partial charge is 0.495 e. The first-order valence-corrected chi connectivity index (χ1v) is 7.40. The zero-order chi connectivity index (χ0) is 14.8. The third kappa shape index (κ3) is 2.54. The van der Waals surface area contributed by atoms with Crippen LogP contribution < -0.4 is 14.8 Å². The SMILES string of the molecule is COc1ccc(-c2ccc3c(c2)CCCN3)c(OC)c1Cl. The number of ether oxygens (including phenoxy) is 2. The van der Waals surface area contributed by atoms with Gasteiger partial charge in [0.15, 0.2) is 0 Å². The van der Waals surface area contributed by atoms with Crippen LogP contribution in [0.2, 0.25) is 5.02 Å². The van der Waals surface area contributed by atoms with E-state index in [0.29, 0.717) is 16.5 Å². The highest BCUT2D eigenvalue weighted by Crippen LogP contribution is 2.42. The topological polar surface area (TPSA) is 30.5 Å². The van der Waals surface area contributed by atoms with Crippen molar-refractivity contribution < 1.29 is 9.47 Å². The van der Waals surface area contributed by atoms with Crippen LogP contribution in [0.25, 0.3) is 11.1 Å². The van der Waals surface area contributed by atoms with E-state index in [1.165, 1.54) is 11.3 Å². The first-order valence-electron chi connectivity index (χ1n) is 7.02. The predicted molar refractivity (Wildman–Crippen MR) is 86.8 cm³/mol. The van der Waals surface area contributed by atoms with Crippen LogP contribution in [0.5, 0.6) is 11.5 Å². The van der Waals surface area contributed by atoms with Gasteiger partial charge in [0, 0.05) is 17.8 Å². The molecule has 0 radical (unpaired) electrons. The Balaban J connectivity index is 2.10. The van der Waals surface area contributed by atoms with Crippen LogP contribution in [-0.4, -0.2) is 20.8 Å². The van der Waals surface area contributed by atoms with Gasteiger partial charge in [0.25, 0.3) is 0 Å². The summed E-state index contributed by atoms with van der Waals surface area (Å²) in [6, 6.07) is 10.3. The number of anilines is 1. The quantitative estimate of drug-likeness (QED) is 0.912. The van der Waals surface area contributed by atoms with Gasteiger partial charge in [-0.2, -0.15) is 0 Å². The fourth-order valence-corrected chi connectivity index (χ4v) is 3.08. The number of rotatable bonds is 3. The second kappa shape index (κ2) is 5.86. The van der Waals surface area contributed by atoms with E-state index in [9.17, 15) is 0 Å². The number of nitrogens with one attached hydrogen (secondary N) is 1. The van der Waals surface area contributed by atoms with Gasteiger partial charge in [0.05, 0.1) is 14.2 Å². The van der Waals surface area contributed by atoms with Gasteiger partial charge in [0.1, 0.15) is 16.5 Å². The normalized spacial score (nSPS) is 13.3. The molecular formula is C17H18ClNO2. The molecule has 21 heavy (non-hydrogen) atoms. The Morgan fingerprint density at radius 1 is 1.10 bits per heavy atom. The molecule has 4 heteroatoms. The van der Waals surface area contributed by atoms with Crippen LogP contribution in [-0.2, 0) is 6.42 Å². The van der Waals surface area contributed by atoms with Crippen LogP contribution >= 0.6 is 11.6 Å². The van der Waals surface area contributed by atoms with Crippen molar-refractivity contribution in [3.05, 3.63) is 40.9 Å². The average molecular weight is 304 g/mol. The zero-order valence-corrected chi connectivity index (χ0v) is 13.0. The fraction of sp³-hybridized carbons (Fsp3) is 0.294. The summed E-state index contributed by atoms with van der Waals surface area (Å²) in [6.45, 7) is 1.05. The van der Waals surface area contributed by atoms with Gasteiger partial charge in [0.2, 0.25) is 0 Å². The summed E-state index contributed by atoms with van der Waals surface area (Å²) in [4.78, 5) is 0. The van der Waals surface area contributed by atoms with Crippen LogP contribution in [0.1, 0.15) is 12.0 Å². The molecule has 0 spiro atoms. The van der Waals surface area contributed by atoms with Crippen molar-refractivity contribution in [3.8, 4) is 22.6 Å². The number of methoxy groups -OCH3 is 2. The number of fused-ring (bicyclic) bond motifs is 1. The molecule has 0 bridgehead atoms. The molecule has 1 aliphatic rings. The van der Waals surface area contributed by atoms with Gasteiger partial charge in [-0.1, -0.05) is 17.7 Å². The second-order valence-corrected chi connectivity index (χ2v) is 5.44. The Bertz CT molecular complexity index is 670. The Labute approximate surface area is 129 Å². The third-order valence-corrected chi connectivity index (χ3v) is 4.20. The number of hydrogen-bond acceptors (Lipinski definition) is 3. The highest BCUT2D eigenvalue weighted by atomic mass is 35.5. The van der Waals surface area contributed by atoms with Crippen molar-refractivity contribution in [3.63, 3.8) is 0 Å². The van der Waals surface area contributed by atoms with Crippen molar-refractivity contribution in [2.45, 2.75) is 12.8 Å². The minimum absolute atomic E-state index is 0.508. The van der Waals surface area contributed by atoms with Gasteiger partial charge in [-0.15, -0.1) is 0 Å². The smallest absolute Gasteiger partial charge is 0.149 e. The van der Waals surface area contributed by atoms with Gasteiger partial charge >= 0.3 is 0 Å². The van der Waals surface area contributed by atoms with E-state index in [1.54, 1.807) is 14.2 Å². The maximum absolute atomic E-state index is 6.35. The van der Waals surface area contributed by atoms with E-state index in [1.807, 2.05) is 12.1 Å². The van der Waals surface area contributed by atoms with E-state index < -0.39 is 0 Å². The van der Waals surface area contributed by atoms with Crippen molar-refractivity contribution >= 4 is 17.3 Å². The lowest BCUT2D eigenvalue weighted by Gasteiger charge is -2.20. The molecule has 0 amide bonds. The van der Waals surface area contributed by atoms with Gasteiger partial charge in [-0.05, 0) is 48.2 Å².